The molecule has 0 saturated heterocycles. The van der Waals surface area contributed by atoms with E-state index in [4.69, 9.17) is 9.47 Å². The number of ether oxygens (including phenoxy) is 2. The Labute approximate surface area is 147 Å². The highest BCUT2D eigenvalue weighted by Gasteiger charge is 2.07. The summed E-state index contributed by atoms with van der Waals surface area (Å²) in [4.78, 5) is 13.1. The molecule has 128 valence electrons. The highest BCUT2D eigenvalue weighted by molar-refractivity contribution is 8.00. The summed E-state index contributed by atoms with van der Waals surface area (Å²) >= 11 is 1.54. The van der Waals surface area contributed by atoms with Crippen molar-refractivity contribution in [1.82, 2.24) is 5.32 Å². The maximum absolute atomic E-state index is 12.0. The molecular weight excluding hydrogens is 322 g/mol. The standard InChI is InChI=1S/C19H23NO3S/c1-13-5-7-16(9-14(13)2)24-12-19(21)20-11-15-6-8-17(22-3)18(10-15)23-4/h5-10H,11-12H2,1-4H3,(H,20,21). The molecule has 0 atom stereocenters. The van der Waals surface area contributed by atoms with Crippen LogP contribution in [0.2, 0.25) is 0 Å². The maximum atomic E-state index is 12.0. The van der Waals surface area contributed by atoms with Gasteiger partial charge in [-0.05, 0) is 54.8 Å². The van der Waals surface area contributed by atoms with E-state index in [1.165, 1.54) is 11.1 Å². The van der Waals surface area contributed by atoms with Gasteiger partial charge in [-0.25, -0.2) is 0 Å². The monoisotopic (exact) mass is 345 g/mol. The second kappa shape index (κ2) is 8.64. The van der Waals surface area contributed by atoms with Crippen LogP contribution < -0.4 is 14.8 Å². The highest BCUT2D eigenvalue weighted by Crippen LogP contribution is 2.27. The van der Waals surface area contributed by atoms with Gasteiger partial charge in [0.1, 0.15) is 0 Å². The molecule has 2 rings (SSSR count). The zero-order valence-electron chi connectivity index (χ0n) is 14.5. The molecule has 0 bridgehead atoms. The van der Waals surface area contributed by atoms with E-state index in [2.05, 4.69) is 37.4 Å². The molecule has 0 spiro atoms. The summed E-state index contributed by atoms with van der Waals surface area (Å²) in [6.07, 6.45) is 0. The van der Waals surface area contributed by atoms with Crippen LogP contribution >= 0.6 is 11.8 Å². The van der Waals surface area contributed by atoms with Crippen LogP contribution in [-0.2, 0) is 11.3 Å². The number of carbonyl (C=O) groups excluding carboxylic acids is 1. The molecule has 0 aromatic heterocycles. The normalized spacial score (nSPS) is 10.3. The van der Waals surface area contributed by atoms with E-state index in [1.807, 2.05) is 18.2 Å². The Morgan fingerprint density at radius 2 is 1.75 bits per heavy atom. The average molecular weight is 345 g/mol. The maximum Gasteiger partial charge on any atom is 0.230 e. The number of hydrogen-bond donors (Lipinski definition) is 1. The van der Waals surface area contributed by atoms with Crippen molar-refractivity contribution < 1.29 is 14.3 Å². The summed E-state index contributed by atoms with van der Waals surface area (Å²) in [5.74, 6) is 1.75. The van der Waals surface area contributed by atoms with Crippen molar-refractivity contribution in [2.24, 2.45) is 0 Å². The van der Waals surface area contributed by atoms with Crippen LogP contribution in [0.4, 0.5) is 0 Å². The largest absolute Gasteiger partial charge is 0.493 e. The van der Waals surface area contributed by atoms with Gasteiger partial charge in [-0.3, -0.25) is 4.79 Å². The number of methoxy groups -OCH3 is 2. The number of aryl methyl sites for hydroxylation is 2. The third kappa shape index (κ3) is 4.93. The Morgan fingerprint density at radius 3 is 2.42 bits per heavy atom. The smallest absolute Gasteiger partial charge is 0.230 e. The lowest BCUT2D eigenvalue weighted by Crippen LogP contribution is -2.24. The molecule has 0 saturated carbocycles. The first-order valence-corrected chi connectivity index (χ1v) is 8.69. The fourth-order valence-electron chi connectivity index (χ4n) is 2.19. The summed E-state index contributed by atoms with van der Waals surface area (Å²) < 4.78 is 10.5. The number of carbonyl (C=O) groups is 1. The van der Waals surface area contributed by atoms with Crippen LogP contribution in [0.1, 0.15) is 16.7 Å². The van der Waals surface area contributed by atoms with E-state index >= 15 is 0 Å². The fraction of sp³-hybridized carbons (Fsp3) is 0.316. The Morgan fingerprint density at radius 1 is 1.00 bits per heavy atom. The molecule has 0 aliphatic carbocycles. The predicted molar refractivity (Wildman–Crippen MR) is 98.0 cm³/mol. The topological polar surface area (TPSA) is 47.6 Å². The summed E-state index contributed by atoms with van der Waals surface area (Å²) in [5, 5.41) is 2.93. The van der Waals surface area contributed by atoms with Crippen LogP contribution in [-0.4, -0.2) is 25.9 Å². The Balaban J connectivity index is 1.85. The van der Waals surface area contributed by atoms with Crippen LogP contribution in [0.25, 0.3) is 0 Å². The molecule has 0 heterocycles. The summed E-state index contributed by atoms with van der Waals surface area (Å²) in [7, 11) is 3.20. The minimum absolute atomic E-state index is 0.00742. The van der Waals surface area contributed by atoms with Crippen molar-refractivity contribution in [1.29, 1.82) is 0 Å². The van der Waals surface area contributed by atoms with Crippen molar-refractivity contribution >= 4 is 17.7 Å². The molecule has 2 aromatic rings. The average Bonchev–Trinajstić information content (AvgIpc) is 2.60. The minimum Gasteiger partial charge on any atom is -0.493 e. The lowest BCUT2D eigenvalue weighted by atomic mass is 10.1. The van der Waals surface area contributed by atoms with Crippen LogP contribution in [0.3, 0.4) is 0 Å². The molecule has 1 N–H and O–H groups in total. The van der Waals surface area contributed by atoms with Gasteiger partial charge in [-0.1, -0.05) is 12.1 Å². The third-order valence-corrected chi connectivity index (χ3v) is 4.78. The number of nitrogens with one attached hydrogen (secondary N) is 1. The molecule has 2 aromatic carbocycles. The van der Waals surface area contributed by atoms with Crippen LogP contribution in [0.15, 0.2) is 41.3 Å². The van der Waals surface area contributed by atoms with E-state index in [1.54, 1.807) is 26.0 Å². The SMILES string of the molecule is COc1ccc(CNC(=O)CSc2ccc(C)c(C)c2)cc1OC. The molecule has 0 fully saturated rings. The second-order valence-corrected chi connectivity index (χ2v) is 6.55. The van der Waals surface area contributed by atoms with E-state index in [0.717, 1.165) is 10.5 Å². The van der Waals surface area contributed by atoms with Gasteiger partial charge in [0.2, 0.25) is 5.91 Å². The van der Waals surface area contributed by atoms with E-state index in [0.29, 0.717) is 23.8 Å². The predicted octanol–water partition coefficient (Wildman–Crippen LogP) is 3.73. The molecule has 5 heteroatoms. The second-order valence-electron chi connectivity index (χ2n) is 5.50. The van der Waals surface area contributed by atoms with Gasteiger partial charge in [-0.2, -0.15) is 0 Å². The van der Waals surface area contributed by atoms with E-state index < -0.39 is 0 Å². The molecular formula is C19H23NO3S. The lowest BCUT2D eigenvalue weighted by molar-refractivity contribution is -0.118. The van der Waals surface area contributed by atoms with Gasteiger partial charge in [-0.15, -0.1) is 11.8 Å². The summed E-state index contributed by atoms with van der Waals surface area (Å²) in [6.45, 7) is 4.63. The number of amides is 1. The number of benzene rings is 2. The number of rotatable bonds is 7. The van der Waals surface area contributed by atoms with Crippen LogP contribution in [0, 0.1) is 13.8 Å². The van der Waals surface area contributed by atoms with Crippen molar-refractivity contribution in [3.05, 3.63) is 53.1 Å². The first kappa shape index (κ1) is 18.2. The molecule has 0 aliphatic heterocycles. The van der Waals surface area contributed by atoms with Crippen molar-refractivity contribution in [3.8, 4) is 11.5 Å². The third-order valence-electron chi connectivity index (χ3n) is 3.79. The summed E-state index contributed by atoms with van der Waals surface area (Å²) in [6, 6.07) is 11.9. The molecule has 0 aliphatic rings. The summed E-state index contributed by atoms with van der Waals surface area (Å²) in [5.41, 5.74) is 3.47. The number of hydrogen-bond acceptors (Lipinski definition) is 4. The van der Waals surface area contributed by atoms with Gasteiger partial charge >= 0.3 is 0 Å². The first-order valence-electron chi connectivity index (χ1n) is 7.71. The molecule has 0 radical (unpaired) electrons. The zero-order chi connectivity index (χ0) is 17.5. The van der Waals surface area contributed by atoms with E-state index in [9.17, 15) is 4.79 Å². The minimum atomic E-state index is 0.00742. The molecule has 4 nitrogen and oxygen atoms in total. The zero-order valence-corrected chi connectivity index (χ0v) is 15.3. The lowest BCUT2D eigenvalue weighted by Gasteiger charge is -2.10. The van der Waals surface area contributed by atoms with Gasteiger partial charge in [0.05, 0.1) is 20.0 Å². The quantitative estimate of drug-likeness (QED) is 0.777. The van der Waals surface area contributed by atoms with Gasteiger partial charge < -0.3 is 14.8 Å². The van der Waals surface area contributed by atoms with Crippen LogP contribution in [0.5, 0.6) is 11.5 Å². The Kier molecular flexibility index (Phi) is 6.55. The highest BCUT2D eigenvalue weighted by atomic mass is 32.2. The van der Waals surface area contributed by atoms with E-state index in [-0.39, 0.29) is 5.91 Å². The molecule has 0 unspecified atom stereocenters. The van der Waals surface area contributed by atoms with Crippen molar-refractivity contribution in [2.45, 2.75) is 25.3 Å². The van der Waals surface area contributed by atoms with Crippen molar-refractivity contribution in [3.63, 3.8) is 0 Å². The number of thioether (sulfide) groups is 1. The van der Waals surface area contributed by atoms with Gasteiger partial charge in [0.15, 0.2) is 11.5 Å². The van der Waals surface area contributed by atoms with Gasteiger partial charge in [0, 0.05) is 11.4 Å². The van der Waals surface area contributed by atoms with Gasteiger partial charge in [0.25, 0.3) is 0 Å². The molecule has 1 amide bonds. The Hall–Kier alpha value is -2.14. The first-order chi connectivity index (χ1) is 11.5. The Bertz CT molecular complexity index is 716. The molecule has 24 heavy (non-hydrogen) atoms. The van der Waals surface area contributed by atoms with Crippen molar-refractivity contribution in [2.75, 3.05) is 20.0 Å². The fourth-order valence-corrected chi connectivity index (χ4v) is 3.02.